The molecule has 0 aliphatic rings. The average Bonchev–Trinajstić information content (AvgIpc) is 2.41. The highest BCUT2D eigenvalue weighted by atomic mass is 19.1. The highest BCUT2D eigenvalue weighted by Gasteiger charge is 2.19. The van der Waals surface area contributed by atoms with Crippen LogP contribution in [0.2, 0.25) is 0 Å². The van der Waals surface area contributed by atoms with Crippen LogP contribution in [0, 0.1) is 12.7 Å². The second-order valence-electron chi connectivity index (χ2n) is 5.02. The van der Waals surface area contributed by atoms with Crippen molar-refractivity contribution >= 4 is 11.5 Å². The number of anilines is 2. The Balaban J connectivity index is 2.38. The molecule has 1 aromatic heterocycles. The predicted octanol–water partition coefficient (Wildman–Crippen LogP) is 2.92. The van der Waals surface area contributed by atoms with Crippen LogP contribution in [-0.2, 0) is 6.54 Å². The Bertz CT molecular complexity index is 598. The second kappa shape index (κ2) is 5.86. The highest BCUT2D eigenvalue weighted by molar-refractivity contribution is 5.50. The predicted molar refractivity (Wildman–Crippen MR) is 78.9 cm³/mol. The summed E-state index contributed by atoms with van der Waals surface area (Å²) in [4.78, 5) is 9.84. The topological polar surface area (TPSA) is 55.0 Å². The maximum absolute atomic E-state index is 14.2. The number of rotatable bonds is 4. The zero-order valence-corrected chi connectivity index (χ0v) is 12.0. The Kier molecular flexibility index (Phi) is 4.17. The number of aromatic nitrogens is 2. The maximum Gasteiger partial charge on any atom is 0.186 e. The lowest BCUT2D eigenvalue weighted by Gasteiger charge is -2.28. The van der Waals surface area contributed by atoms with Gasteiger partial charge in [-0.05, 0) is 32.4 Å². The number of nitrogen functional groups attached to an aromatic ring is 1. The Labute approximate surface area is 118 Å². The van der Waals surface area contributed by atoms with E-state index < -0.39 is 0 Å². The number of hydrogen-bond donors (Lipinski definition) is 1. The Morgan fingerprint density at radius 3 is 2.60 bits per heavy atom. The molecule has 106 valence electrons. The molecule has 0 fully saturated rings. The maximum atomic E-state index is 14.2. The lowest BCUT2D eigenvalue weighted by molar-refractivity contribution is 0.573. The van der Waals surface area contributed by atoms with E-state index in [0.29, 0.717) is 23.7 Å². The summed E-state index contributed by atoms with van der Waals surface area (Å²) in [5.41, 5.74) is 7.96. The summed E-state index contributed by atoms with van der Waals surface area (Å²) in [6.07, 6.45) is 1.39. The van der Waals surface area contributed by atoms with Gasteiger partial charge < -0.3 is 10.6 Å². The third-order valence-corrected chi connectivity index (χ3v) is 3.24. The molecule has 2 N–H and O–H groups in total. The third-order valence-electron chi connectivity index (χ3n) is 3.24. The van der Waals surface area contributed by atoms with Crippen molar-refractivity contribution in [2.24, 2.45) is 0 Å². The zero-order chi connectivity index (χ0) is 14.7. The molecule has 20 heavy (non-hydrogen) atoms. The van der Waals surface area contributed by atoms with Crippen molar-refractivity contribution in [1.82, 2.24) is 9.97 Å². The molecule has 0 unspecified atom stereocenters. The molecule has 2 rings (SSSR count). The normalized spacial score (nSPS) is 10.8. The summed E-state index contributed by atoms with van der Waals surface area (Å²) in [5.74, 6) is -0.0635. The highest BCUT2D eigenvalue weighted by Crippen LogP contribution is 2.23. The number of nitrogens with two attached hydrogens (primary N) is 1. The minimum atomic E-state index is -0.379. The van der Waals surface area contributed by atoms with Crippen LogP contribution in [0.1, 0.15) is 25.1 Å². The lowest BCUT2D eigenvalue weighted by Crippen LogP contribution is -2.32. The van der Waals surface area contributed by atoms with E-state index in [9.17, 15) is 4.39 Å². The Morgan fingerprint density at radius 1 is 1.25 bits per heavy atom. The largest absolute Gasteiger partial charge is 0.398 e. The average molecular weight is 274 g/mol. The first-order chi connectivity index (χ1) is 9.50. The summed E-state index contributed by atoms with van der Waals surface area (Å²) in [6, 6.07) is 7.68. The third kappa shape index (κ3) is 2.87. The van der Waals surface area contributed by atoms with Crippen LogP contribution >= 0.6 is 0 Å². The number of aryl methyl sites for hydroxylation is 1. The number of nitrogens with zero attached hydrogens (tertiary/aromatic N) is 3. The molecule has 0 atom stereocenters. The number of halogens is 1. The van der Waals surface area contributed by atoms with Crippen LogP contribution in [0.5, 0.6) is 0 Å². The van der Waals surface area contributed by atoms with Gasteiger partial charge in [0.15, 0.2) is 11.6 Å². The van der Waals surface area contributed by atoms with Gasteiger partial charge in [-0.15, -0.1) is 0 Å². The zero-order valence-electron chi connectivity index (χ0n) is 12.0. The molecule has 0 spiro atoms. The van der Waals surface area contributed by atoms with E-state index in [1.165, 1.54) is 6.33 Å². The monoisotopic (exact) mass is 274 g/mol. The molecule has 0 aliphatic carbocycles. The summed E-state index contributed by atoms with van der Waals surface area (Å²) in [6.45, 7) is 6.14. The smallest absolute Gasteiger partial charge is 0.186 e. The van der Waals surface area contributed by atoms with Crippen LogP contribution in [0.15, 0.2) is 30.6 Å². The van der Waals surface area contributed by atoms with Crippen LogP contribution in [-0.4, -0.2) is 16.0 Å². The fraction of sp³-hybridized carbons (Fsp3) is 0.333. The van der Waals surface area contributed by atoms with Gasteiger partial charge in [0.1, 0.15) is 6.33 Å². The van der Waals surface area contributed by atoms with Crippen molar-refractivity contribution in [2.75, 3.05) is 10.6 Å². The minimum Gasteiger partial charge on any atom is -0.398 e. The molecule has 0 amide bonds. The van der Waals surface area contributed by atoms with Crippen molar-refractivity contribution in [3.63, 3.8) is 0 Å². The van der Waals surface area contributed by atoms with E-state index in [4.69, 9.17) is 5.73 Å². The van der Waals surface area contributed by atoms with Gasteiger partial charge in [0.05, 0.1) is 5.69 Å². The lowest BCUT2D eigenvalue weighted by atomic mass is 10.1. The molecule has 0 saturated carbocycles. The van der Waals surface area contributed by atoms with Crippen LogP contribution in [0.25, 0.3) is 0 Å². The van der Waals surface area contributed by atoms with Gasteiger partial charge >= 0.3 is 0 Å². The summed E-state index contributed by atoms with van der Waals surface area (Å²) in [7, 11) is 0. The van der Waals surface area contributed by atoms with E-state index in [-0.39, 0.29) is 11.9 Å². The van der Waals surface area contributed by atoms with Gasteiger partial charge in [-0.1, -0.05) is 18.2 Å². The molecule has 1 aromatic carbocycles. The van der Waals surface area contributed by atoms with E-state index in [2.05, 4.69) is 9.97 Å². The fourth-order valence-electron chi connectivity index (χ4n) is 2.01. The first-order valence-electron chi connectivity index (χ1n) is 6.57. The number of benzene rings is 1. The van der Waals surface area contributed by atoms with Crippen molar-refractivity contribution < 1.29 is 4.39 Å². The molecular weight excluding hydrogens is 255 g/mol. The van der Waals surface area contributed by atoms with Crippen molar-refractivity contribution in [2.45, 2.75) is 33.4 Å². The Hall–Kier alpha value is -2.17. The van der Waals surface area contributed by atoms with Crippen LogP contribution < -0.4 is 10.6 Å². The van der Waals surface area contributed by atoms with Gasteiger partial charge in [0.2, 0.25) is 0 Å². The van der Waals surface area contributed by atoms with E-state index in [1.54, 1.807) is 6.92 Å². The van der Waals surface area contributed by atoms with E-state index >= 15 is 0 Å². The van der Waals surface area contributed by atoms with Gasteiger partial charge in [0, 0.05) is 18.3 Å². The first-order valence-corrected chi connectivity index (χ1v) is 6.57. The Morgan fingerprint density at radius 2 is 1.95 bits per heavy atom. The first kappa shape index (κ1) is 14.2. The summed E-state index contributed by atoms with van der Waals surface area (Å²) < 4.78 is 14.2. The molecule has 0 saturated heterocycles. The van der Waals surface area contributed by atoms with Crippen molar-refractivity contribution in [3.05, 3.63) is 47.7 Å². The van der Waals surface area contributed by atoms with Crippen molar-refractivity contribution in [3.8, 4) is 0 Å². The minimum absolute atomic E-state index is 0.0957. The SMILES string of the molecule is Cc1ncnc(N(Cc2ccccc2N)C(C)C)c1F. The van der Waals surface area contributed by atoms with Gasteiger partial charge in [0.25, 0.3) is 0 Å². The fourth-order valence-corrected chi connectivity index (χ4v) is 2.01. The second-order valence-corrected chi connectivity index (χ2v) is 5.02. The number of hydrogen-bond acceptors (Lipinski definition) is 4. The number of para-hydroxylation sites is 1. The van der Waals surface area contributed by atoms with Crippen molar-refractivity contribution in [1.29, 1.82) is 0 Å². The quantitative estimate of drug-likeness (QED) is 0.871. The molecule has 2 aromatic rings. The van der Waals surface area contributed by atoms with E-state index in [0.717, 1.165) is 5.56 Å². The molecular formula is C15H19FN4. The van der Waals surface area contributed by atoms with Gasteiger partial charge in [-0.3, -0.25) is 0 Å². The standard InChI is InChI=1S/C15H19FN4/c1-10(2)20(8-12-6-4-5-7-13(12)17)15-14(16)11(3)18-9-19-15/h4-7,9-10H,8,17H2,1-3H3. The molecule has 5 heteroatoms. The molecule has 0 radical (unpaired) electrons. The molecule has 0 bridgehead atoms. The molecule has 0 aliphatic heterocycles. The van der Waals surface area contributed by atoms with Gasteiger partial charge in [-0.25, -0.2) is 14.4 Å². The summed E-state index contributed by atoms with van der Waals surface area (Å²) >= 11 is 0. The van der Waals surface area contributed by atoms with Crippen LogP contribution in [0.4, 0.5) is 15.9 Å². The molecule has 1 heterocycles. The molecule has 4 nitrogen and oxygen atoms in total. The van der Waals surface area contributed by atoms with Gasteiger partial charge in [-0.2, -0.15) is 0 Å². The summed E-state index contributed by atoms with van der Waals surface area (Å²) in [5, 5.41) is 0. The van der Waals surface area contributed by atoms with E-state index in [1.807, 2.05) is 43.0 Å². The van der Waals surface area contributed by atoms with Crippen LogP contribution in [0.3, 0.4) is 0 Å².